The first kappa shape index (κ1) is 23.7. The average molecular weight is 365 g/mol. The molecular formula is C17H33F2N3O3. The molecule has 0 aliphatic carbocycles. The molecule has 3 unspecified atom stereocenters. The van der Waals surface area contributed by atoms with Gasteiger partial charge in [-0.2, -0.15) is 0 Å². The minimum Gasteiger partial charge on any atom is -0.385 e. The molecule has 0 aromatic carbocycles. The summed E-state index contributed by atoms with van der Waals surface area (Å²) in [5.74, 6) is -5.35. The molecule has 8 heteroatoms. The summed E-state index contributed by atoms with van der Waals surface area (Å²) >= 11 is 0. The second kappa shape index (κ2) is 10.7. The molecule has 0 spiro atoms. The Kier molecular flexibility index (Phi) is 10.1. The molecule has 0 aliphatic rings. The Morgan fingerprint density at radius 1 is 1.08 bits per heavy atom. The predicted molar refractivity (Wildman–Crippen MR) is 93.0 cm³/mol. The number of nitrogens with one attached hydrogen (secondary N) is 2. The second-order valence-electron chi connectivity index (χ2n) is 7.35. The van der Waals surface area contributed by atoms with Gasteiger partial charge in [-0.05, 0) is 31.6 Å². The summed E-state index contributed by atoms with van der Waals surface area (Å²) in [4.78, 5) is 24.2. The smallest absolute Gasteiger partial charge is 0.287 e. The van der Waals surface area contributed by atoms with Crippen LogP contribution in [0.3, 0.4) is 0 Å². The zero-order valence-corrected chi connectivity index (χ0v) is 15.8. The SMILES string of the molecule is CC(C)CCNC(=O)C(C)C(=O)NC(CC(C)C)C(O)C(F)(F)CN. The third-order valence-corrected chi connectivity index (χ3v) is 3.95. The van der Waals surface area contributed by atoms with Gasteiger partial charge >= 0.3 is 0 Å². The van der Waals surface area contributed by atoms with E-state index in [2.05, 4.69) is 10.6 Å². The molecule has 2 amide bonds. The molecule has 0 saturated carbocycles. The van der Waals surface area contributed by atoms with Crippen LogP contribution in [0, 0.1) is 17.8 Å². The minimum absolute atomic E-state index is 0.0382. The lowest BCUT2D eigenvalue weighted by atomic mass is 9.94. The van der Waals surface area contributed by atoms with E-state index in [-0.39, 0.29) is 12.3 Å². The van der Waals surface area contributed by atoms with E-state index < -0.39 is 42.3 Å². The van der Waals surface area contributed by atoms with Gasteiger partial charge in [-0.1, -0.05) is 27.7 Å². The van der Waals surface area contributed by atoms with Crippen LogP contribution in [0.25, 0.3) is 0 Å². The number of amides is 2. The zero-order chi connectivity index (χ0) is 19.8. The summed E-state index contributed by atoms with van der Waals surface area (Å²) < 4.78 is 27.4. The molecule has 148 valence electrons. The van der Waals surface area contributed by atoms with Crippen LogP contribution < -0.4 is 16.4 Å². The Morgan fingerprint density at radius 2 is 1.64 bits per heavy atom. The lowest BCUT2D eigenvalue weighted by Crippen LogP contribution is -2.56. The highest BCUT2D eigenvalue weighted by molar-refractivity contribution is 5.99. The van der Waals surface area contributed by atoms with Gasteiger partial charge in [0.25, 0.3) is 5.92 Å². The fourth-order valence-corrected chi connectivity index (χ4v) is 2.25. The van der Waals surface area contributed by atoms with Crippen LogP contribution in [0.2, 0.25) is 0 Å². The molecule has 6 nitrogen and oxygen atoms in total. The number of rotatable bonds is 11. The van der Waals surface area contributed by atoms with E-state index in [1.165, 1.54) is 6.92 Å². The van der Waals surface area contributed by atoms with Crippen molar-refractivity contribution in [2.75, 3.05) is 13.1 Å². The predicted octanol–water partition coefficient (Wildman–Crippen LogP) is 1.27. The van der Waals surface area contributed by atoms with Crippen molar-refractivity contribution in [3.05, 3.63) is 0 Å². The molecule has 0 heterocycles. The van der Waals surface area contributed by atoms with Gasteiger partial charge in [-0.3, -0.25) is 9.59 Å². The normalized spacial score (nSPS) is 15.8. The van der Waals surface area contributed by atoms with Crippen LogP contribution in [0.1, 0.15) is 47.5 Å². The van der Waals surface area contributed by atoms with Crippen molar-refractivity contribution in [1.82, 2.24) is 10.6 Å². The number of halogens is 2. The molecule has 0 aromatic heterocycles. The lowest BCUT2D eigenvalue weighted by molar-refractivity contribution is -0.139. The van der Waals surface area contributed by atoms with Crippen molar-refractivity contribution in [2.24, 2.45) is 23.5 Å². The van der Waals surface area contributed by atoms with Crippen molar-refractivity contribution in [2.45, 2.75) is 65.5 Å². The highest BCUT2D eigenvalue weighted by Crippen LogP contribution is 2.23. The third kappa shape index (κ3) is 8.58. The highest BCUT2D eigenvalue weighted by atomic mass is 19.3. The van der Waals surface area contributed by atoms with E-state index in [4.69, 9.17) is 5.73 Å². The Labute approximate surface area is 148 Å². The van der Waals surface area contributed by atoms with Crippen LogP contribution in [0.4, 0.5) is 8.78 Å². The Bertz CT molecular complexity index is 431. The quantitative estimate of drug-likeness (QED) is 0.414. The van der Waals surface area contributed by atoms with E-state index in [1.807, 2.05) is 13.8 Å². The van der Waals surface area contributed by atoms with E-state index in [0.717, 1.165) is 6.42 Å². The summed E-state index contributed by atoms with van der Waals surface area (Å²) in [6.07, 6.45) is -1.19. The topological polar surface area (TPSA) is 104 Å². The standard InChI is InChI=1S/C17H33F2N3O3/c1-10(2)6-7-21-15(24)12(5)16(25)22-13(8-11(3)4)14(23)17(18,19)9-20/h10-14,23H,6-9,20H2,1-5H3,(H,21,24)(H,22,25). The zero-order valence-electron chi connectivity index (χ0n) is 15.8. The first-order valence-corrected chi connectivity index (χ1v) is 8.76. The number of nitrogens with two attached hydrogens (primary N) is 1. The van der Waals surface area contributed by atoms with Crippen molar-refractivity contribution in [3.8, 4) is 0 Å². The summed E-state index contributed by atoms with van der Waals surface area (Å²) in [7, 11) is 0. The molecule has 0 bridgehead atoms. The molecule has 5 N–H and O–H groups in total. The number of hydrogen-bond donors (Lipinski definition) is 4. The number of carbonyl (C=O) groups excluding carboxylic acids is 2. The van der Waals surface area contributed by atoms with Gasteiger partial charge in [-0.15, -0.1) is 0 Å². The molecule has 0 aliphatic heterocycles. The maximum atomic E-state index is 13.7. The highest BCUT2D eigenvalue weighted by Gasteiger charge is 2.43. The number of aliphatic hydroxyl groups is 1. The van der Waals surface area contributed by atoms with Crippen LogP contribution in [-0.2, 0) is 9.59 Å². The van der Waals surface area contributed by atoms with Crippen molar-refractivity contribution in [3.63, 3.8) is 0 Å². The number of aliphatic hydroxyl groups excluding tert-OH is 1. The van der Waals surface area contributed by atoms with Gasteiger partial charge in [0.05, 0.1) is 12.6 Å². The van der Waals surface area contributed by atoms with Gasteiger partial charge < -0.3 is 21.5 Å². The van der Waals surface area contributed by atoms with Gasteiger partial charge in [0.15, 0.2) is 0 Å². The van der Waals surface area contributed by atoms with Gasteiger partial charge in [0.1, 0.15) is 12.0 Å². The van der Waals surface area contributed by atoms with Crippen LogP contribution in [0.15, 0.2) is 0 Å². The van der Waals surface area contributed by atoms with Crippen molar-refractivity contribution < 1.29 is 23.5 Å². The monoisotopic (exact) mass is 365 g/mol. The fraction of sp³-hybridized carbons (Fsp3) is 0.882. The van der Waals surface area contributed by atoms with Crippen LogP contribution >= 0.6 is 0 Å². The summed E-state index contributed by atoms with van der Waals surface area (Å²) in [6, 6.07) is -1.18. The van der Waals surface area contributed by atoms with E-state index in [9.17, 15) is 23.5 Å². The summed E-state index contributed by atoms with van der Waals surface area (Å²) in [6.45, 7) is 8.42. The van der Waals surface area contributed by atoms with Crippen LogP contribution in [-0.4, -0.2) is 48.1 Å². The number of carbonyl (C=O) groups is 2. The molecule has 25 heavy (non-hydrogen) atoms. The fourth-order valence-electron chi connectivity index (χ4n) is 2.25. The van der Waals surface area contributed by atoms with Gasteiger partial charge in [0.2, 0.25) is 11.8 Å². The van der Waals surface area contributed by atoms with E-state index in [0.29, 0.717) is 12.5 Å². The molecule has 0 aromatic rings. The Balaban J connectivity index is 4.87. The molecule has 3 atom stereocenters. The largest absolute Gasteiger partial charge is 0.385 e. The maximum Gasteiger partial charge on any atom is 0.287 e. The van der Waals surface area contributed by atoms with Crippen LogP contribution in [0.5, 0.6) is 0 Å². The van der Waals surface area contributed by atoms with E-state index in [1.54, 1.807) is 13.8 Å². The third-order valence-electron chi connectivity index (χ3n) is 3.95. The second-order valence-corrected chi connectivity index (χ2v) is 7.35. The summed E-state index contributed by atoms with van der Waals surface area (Å²) in [5.41, 5.74) is 5.01. The Morgan fingerprint density at radius 3 is 2.08 bits per heavy atom. The maximum absolute atomic E-state index is 13.7. The number of alkyl halides is 2. The molecule has 0 radical (unpaired) electrons. The lowest BCUT2D eigenvalue weighted by Gasteiger charge is -2.31. The Hall–Kier alpha value is -1.28. The molecule has 0 fully saturated rings. The molecule has 0 rings (SSSR count). The number of hydrogen-bond acceptors (Lipinski definition) is 4. The van der Waals surface area contributed by atoms with Gasteiger partial charge in [0, 0.05) is 6.54 Å². The van der Waals surface area contributed by atoms with Crippen molar-refractivity contribution >= 4 is 11.8 Å². The molecule has 0 saturated heterocycles. The average Bonchev–Trinajstić information content (AvgIpc) is 2.51. The van der Waals surface area contributed by atoms with Gasteiger partial charge in [-0.25, -0.2) is 8.78 Å². The molecular weight excluding hydrogens is 332 g/mol. The summed E-state index contributed by atoms with van der Waals surface area (Å²) in [5, 5.41) is 14.9. The minimum atomic E-state index is -3.52. The first-order valence-electron chi connectivity index (χ1n) is 8.76. The first-order chi connectivity index (χ1) is 11.4. The van der Waals surface area contributed by atoms with Crippen molar-refractivity contribution in [1.29, 1.82) is 0 Å². The van der Waals surface area contributed by atoms with E-state index >= 15 is 0 Å².